The summed E-state index contributed by atoms with van der Waals surface area (Å²) in [6.45, 7) is 0. The van der Waals surface area contributed by atoms with Gasteiger partial charge in [0.25, 0.3) is 5.91 Å². The van der Waals surface area contributed by atoms with Gasteiger partial charge in [-0.1, -0.05) is 59.5 Å². The summed E-state index contributed by atoms with van der Waals surface area (Å²) in [5.41, 5.74) is 0.212. The predicted molar refractivity (Wildman–Crippen MR) is 103 cm³/mol. The fraction of sp³-hybridized carbons (Fsp3) is 0.150. The summed E-state index contributed by atoms with van der Waals surface area (Å²) < 4.78 is 0. The van der Waals surface area contributed by atoms with E-state index in [1.54, 1.807) is 44.4 Å². The van der Waals surface area contributed by atoms with Crippen LogP contribution in [0, 0.1) is 0 Å². The van der Waals surface area contributed by atoms with Gasteiger partial charge in [0.2, 0.25) is 11.8 Å². The zero-order valence-corrected chi connectivity index (χ0v) is 17.6. The zero-order valence-electron chi connectivity index (χ0n) is 17.6. The molecular weight excluding hydrogens is 374 g/mol. The molecule has 10 heteroatoms. The van der Waals surface area contributed by atoms with Crippen LogP contribution >= 0.6 is 0 Å². The Morgan fingerprint density at radius 3 is 2.03 bits per heavy atom. The van der Waals surface area contributed by atoms with E-state index in [0.29, 0.717) is 5.69 Å². The molecule has 1 aliphatic rings. The third-order valence-electron chi connectivity index (χ3n) is 4.12. The number of benzene rings is 2. The van der Waals surface area contributed by atoms with Crippen molar-refractivity contribution in [2.45, 2.75) is 0 Å². The van der Waals surface area contributed by atoms with Crippen molar-refractivity contribution in [1.29, 1.82) is 0 Å². The van der Waals surface area contributed by atoms with Crippen molar-refractivity contribution in [3.8, 4) is 5.75 Å². The summed E-state index contributed by atoms with van der Waals surface area (Å²) in [5, 5.41) is 18.9. The van der Waals surface area contributed by atoms with Crippen molar-refractivity contribution in [3.05, 3.63) is 76.1 Å². The second-order valence-electron chi connectivity index (χ2n) is 6.30. The Labute approximate surface area is 198 Å². The van der Waals surface area contributed by atoms with Crippen molar-refractivity contribution in [3.63, 3.8) is 0 Å². The number of amides is 3. The Bertz CT molecular complexity index is 994. The maximum atomic E-state index is 12.5. The molecule has 8 nitrogen and oxygen atoms in total. The van der Waals surface area contributed by atoms with Crippen LogP contribution in [0.5, 0.6) is 5.75 Å². The van der Waals surface area contributed by atoms with Crippen LogP contribution in [0.4, 0.5) is 11.4 Å². The fourth-order valence-electron chi connectivity index (χ4n) is 2.60. The van der Waals surface area contributed by atoms with E-state index in [0.717, 1.165) is 4.90 Å². The van der Waals surface area contributed by atoms with Gasteiger partial charge in [-0.2, -0.15) is 0 Å². The van der Waals surface area contributed by atoms with Crippen molar-refractivity contribution in [2.75, 3.05) is 21.1 Å². The number of nitrogens with zero attached hydrogens (tertiary/aromatic N) is 4. The number of carbonyl (C=O) groups is 3. The molecule has 0 saturated carbocycles. The molecule has 3 rings (SSSR count). The number of carbonyl (C=O) groups excluding carboxylic acids is 3. The molecular formula is C20H18Li2N4O4. The van der Waals surface area contributed by atoms with Crippen LogP contribution in [0.2, 0.25) is 0 Å². The minimum Gasteiger partial charge on any atom is -0.654 e. The van der Waals surface area contributed by atoms with Gasteiger partial charge in [0.1, 0.15) is 5.75 Å². The molecule has 0 spiro atoms. The molecule has 0 aliphatic carbocycles. The number of hydrogen-bond acceptors (Lipinski definition) is 4. The van der Waals surface area contributed by atoms with Crippen molar-refractivity contribution < 1.29 is 57.2 Å². The van der Waals surface area contributed by atoms with Crippen LogP contribution in [0.15, 0.2) is 59.9 Å². The van der Waals surface area contributed by atoms with Gasteiger partial charge in [-0.15, -0.1) is 5.69 Å². The number of phenolic OH excluding ortho intramolecular Hbond substituents is 1. The quantitative estimate of drug-likeness (QED) is 0.433. The first kappa shape index (κ1) is 25.4. The van der Waals surface area contributed by atoms with E-state index >= 15 is 0 Å². The third-order valence-corrected chi connectivity index (χ3v) is 4.12. The summed E-state index contributed by atoms with van der Waals surface area (Å²) in [4.78, 5) is 39.4. The van der Waals surface area contributed by atoms with Crippen LogP contribution < -0.4 is 37.7 Å². The maximum absolute atomic E-state index is 12.5. The van der Waals surface area contributed by atoms with Gasteiger partial charge in [0.05, 0.1) is 5.56 Å². The molecule has 1 aliphatic heterocycles. The van der Waals surface area contributed by atoms with Crippen LogP contribution in [-0.4, -0.2) is 53.8 Å². The van der Waals surface area contributed by atoms with Crippen LogP contribution in [0.1, 0.15) is 10.4 Å². The first-order valence-corrected chi connectivity index (χ1v) is 8.40. The van der Waals surface area contributed by atoms with E-state index in [1.807, 2.05) is 0 Å². The van der Waals surface area contributed by atoms with Crippen molar-refractivity contribution in [2.24, 2.45) is 0 Å². The van der Waals surface area contributed by atoms with Crippen molar-refractivity contribution >= 4 is 29.1 Å². The van der Waals surface area contributed by atoms with Gasteiger partial charge >= 0.3 is 37.7 Å². The number of aromatic hydroxyl groups is 1. The predicted octanol–water partition coefficient (Wildman–Crippen LogP) is -2.98. The largest absolute Gasteiger partial charge is 1.00 e. The number of rotatable bonds is 5. The molecule has 2 aromatic carbocycles. The van der Waals surface area contributed by atoms with Crippen LogP contribution in [-0.2, 0) is 9.59 Å². The maximum Gasteiger partial charge on any atom is 1.00 e. The topological polar surface area (TPSA) is 106 Å². The van der Waals surface area contributed by atoms with Crippen LogP contribution in [0.25, 0.3) is 10.6 Å². The molecule has 0 unspecified atom stereocenters. The standard InChI is InChI=1S/C20H20N4O4.2Li/c1-23(2)18(26)13-10-7-11-14(17(13)25)22-16-15(19(27)24(3)20(16)28)21-12-8-5-4-6-9-12;;/h4-11H,1-3H3,(H3,21,22,25,26,27,28);;/q;2*+1/p-2. The second-order valence-corrected chi connectivity index (χ2v) is 6.30. The molecule has 0 atom stereocenters. The Morgan fingerprint density at radius 1 is 0.900 bits per heavy atom. The van der Waals surface area contributed by atoms with Gasteiger partial charge in [0, 0.05) is 21.1 Å². The molecule has 2 aromatic rings. The molecule has 0 fully saturated rings. The van der Waals surface area contributed by atoms with E-state index in [1.165, 1.54) is 30.1 Å². The van der Waals surface area contributed by atoms with E-state index < -0.39 is 17.7 Å². The van der Waals surface area contributed by atoms with Crippen molar-refractivity contribution in [1.82, 2.24) is 9.80 Å². The second kappa shape index (κ2) is 10.4. The number of likely N-dealkylation sites (N-methyl/N-ethyl adjacent to an activating group) is 1. The van der Waals surface area contributed by atoms with Gasteiger partial charge in [-0.25, -0.2) is 0 Å². The molecule has 0 radical (unpaired) electrons. The van der Waals surface area contributed by atoms with E-state index in [2.05, 4.69) is 10.6 Å². The normalized spacial score (nSPS) is 12.8. The van der Waals surface area contributed by atoms with E-state index in [-0.39, 0.29) is 66.1 Å². The van der Waals surface area contributed by atoms with E-state index in [4.69, 9.17) is 0 Å². The van der Waals surface area contributed by atoms with E-state index in [9.17, 15) is 19.5 Å². The summed E-state index contributed by atoms with van der Waals surface area (Å²) >= 11 is 0. The molecule has 1 heterocycles. The summed E-state index contributed by atoms with van der Waals surface area (Å²) in [7, 11) is 4.44. The van der Waals surface area contributed by atoms with Crippen LogP contribution in [0.3, 0.4) is 0 Å². The average Bonchev–Trinajstić information content (AvgIpc) is 2.88. The molecule has 30 heavy (non-hydrogen) atoms. The molecule has 1 N–H and O–H groups in total. The summed E-state index contributed by atoms with van der Waals surface area (Å²) in [6.07, 6.45) is 0. The Morgan fingerprint density at radius 2 is 1.47 bits per heavy atom. The van der Waals surface area contributed by atoms with Gasteiger partial charge in [-0.3, -0.25) is 19.3 Å². The Balaban J connectivity index is 0.00000225. The summed E-state index contributed by atoms with van der Waals surface area (Å²) in [5.74, 6) is -2.01. The fourth-order valence-corrected chi connectivity index (χ4v) is 2.60. The first-order chi connectivity index (χ1) is 13.3. The smallest absolute Gasteiger partial charge is 0.654 e. The molecule has 0 saturated heterocycles. The average molecular weight is 392 g/mol. The van der Waals surface area contributed by atoms with Gasteiger partial charge in [0.15, 0.2) is 0 Å². The van der Waals surface area contributed by atoms with Gasteiger partial charge in [-0.05, 0) is 6.07 Å². The SMILES string of the molecule is CN(C)C(=O)c1cccc([N-]C2=C([N-]c3ccccc3)C(=O)N(C)C2=O)c1O.[Li+].[Li+]. The monoisotopic (exact) mass is 392 g/mol. The third kappa shape index (κ3) is 4.92. The Hall–Kier alpha value is -2.62. The van der Waals surface area contributed by atoms with Gasteiger partial charge < -0.3 is 20.6 Å². The molecule has 0 aromatic heterocycles. The zero-order chi connectivity index (χ0) is 20.4. The number of hydrogen-bond donors (Lipinski definition) is 1. The minimum absolute atomic E-state index is 0. The molecule has 0 bridgehead atoms. The number of phenols is 1. The number of imide groups is 1. The Kier molecular flexibility index (Phi) is 8.83. The first-order valence-electron chi connectivity index (χ1n) is 8.40. The minimum atomic E-state index is -0.636. The molecule has 144 valence electrons. The number of para-hydroxylation sites is 2. The summed E-state index contributed by atoms with van der Waals surface area (Å²) in [6, 6.07) is 13.1. The molecule has 3 amide bonds.